The van der Waals surface area contributed by atoms with Gasteiger partial charge in [-0.05, 0) is 30.4 Å². The fraction of sp³-hybridized carbons (Fsp3) is 0.385. The van der Waals surface area contributed by atoms with E-state index >= 15 is 0 Å². The maximum Gasteiger partial charge on any atom is 0.140 e. The maximum absolute atomic E-state index is 4.25. The Bertz CT molecular complexity index is 501. The molecular weight excluding hydrogens is 198 g/mol. The molecule has 3 rings (SSSR count). The minimum absolute atomic E-state index is 0.428. The third kappa shape index (κ3) is 1.43. The normalized spacial score (nSPS) is 19.4. The molecule has 1 aromatic heterocycles. The van der Waals surface area contributed by atoms with E-state index in [2.05, 4.69) is 34.5 Å². The van der Waals surface area contributed by atoms with Crippen LogP contribution in [-0.4, -0.2) is 14.8 Å². The Morgan fingerprint density at radius 3 is 3.00 bits per heavy atom. The third-order valence-corrected chi connectivity index (χ3v) is 3.43. The van der Waals surface area contributed by atoms with Gasteiger partial charge in [0, 0.05) is 13.0 Å². The molecule has 0 saturated heterocycles. The highest BCUT2D eigenvalue weighted by molar-refractivity contribution is 5.36. The van der Waals surface area contributed by atoms with E-state index in [1.54, 1.807) is 6.33 Å². The fourth-order valence-electron chi connectivity index (χ4n) is 2.63. The predicted molar refractivity (Wildman–Crippen MR) is 62.2 cm³/mol. The Balaban J connectivity index is 2.08. The van der Waals surface area contributed by atoms with Gasteiger partial charge in [-0.1, -0.05) is 24.3 Å². The molecule has 0 amide bonds. The van der Waals surface area contributed by atoms with Crippen molar-refractivity contribution in [1.82, 2.24) is 14.8 Å². The molecule has 0 spiro atoms. The average molecular weight is 213 g/mol. The number of benzene rings is 1. The van der Waals surface area contributed by atoms with Crippen LogP contribution < -0.4 is 0 Å². The monoisotopic (exact) mass is 213 g/mol. The third-order valence-electron chi connectivity index (χ3n) is 3.43. The Hall–Kier alpha value is -1.64. The van der Waals surface area contributed by atoms with Crippen LogP contribution in [0.3, 0.4) is 0 Å². The van der Waals surface area contributed by atoms with Crippen LogP contribution in [0.5, 0.6) is 0 Å². The first-order valence-electron chi connectivity index (χ1n) is 5.78. The van der Waals surface area contributed by atoms with Crippen LogP contribution in [0.15, 0.2) is 30.6 Å². The lowest BCUT2D eigenvalue weighted by Gasteiger charge is -2.24. The molecule has 3 heteroatoms. The average Bonchev–Trinajstić information content (AvgIpc) is 2.75. The maximum atomic E-state index is 4.25. The van der Waals surface area contributed by atoms with Crippen molar-refractivity contribution < 1.29 is 0 Å². The van der Waals surface area contributed by atoms with E-state index < -0.39 is 0 Å². The standard InChI is InChI=1S/C13H15N3/c1-16-9-14-15-13(16)12-8-4-6-10-5-2-3-7-11(10)12/h2-3,5,7,9,12H,4,6,8H2,1H3. The van der Waals surface area contributed by atoms with Crippen LogP contribution >= 0.6 is 0 Å². The van der Waals surface area contributed by atoms with Gasteiger partial charge in [0.2, 0.25) is 0 Å². The zero-order valence-electron chi connectivity index (χ0n) is 9.43. The van der Waals surface area contributed by atoms with Gasteiger partial charge in [0.25, 0.3) is 0 Å². The SMILES string of the molecule is Cn1cnnc1C1CCCc2ccccc21. The molecule has 0 radical (unpaired) electrons. The summed E-state index contributed by atoms with van der Waals surface area (Å²) < 4.78 is 2.03. The van der Waals surface area contributed by atoms with E-state index in [0.29, 0.717) is 5.92 Å². The lowest BCUT2D eigenvalue weighted by Crippen LogP contribution is -2.14. The molecule has 0 saturated carbocycles. The van der Waals surface area contributed by atoms with Gasteiger partial charge in [-0.15, -0.1) is 10.2 Å². The molecule has 0 N–H and O–H groups in total. The zero-order valence-corrected chi connectivity index (χ0v) is 9.43. The topological polar surface area (TPSA) is 30.7 Å². The Kier molecular flexibility index (Phi) is 2.24. The van der Waals surface area contributed by atoms with Crippen molar-refractivity contribution in [3.05, 3.63) is 47.5 Å². The molecule has 82 valence electrons. The molecule has 0 aliphatic heterocycles. The van der Waals surface area contributed by atoms with Crippen LogP contribution in [0.1, 0.15) is 35.7 Å². The van der Waals surface area contributed by atoms with E-state index in [1.807, 2.05) is 11.6 Å². The van der Waals surface area contributed by atoms with E-state index in [0.717, 1.165) is 5.82 Å². The number of nitrogens with zero attached hydrogens (tertiary/aromatic N) is 3. The lowest BCUT2D eigenvalue weighted by atomic mass is 9.82. The van der Waals surface area contributed by atoms with Crippen LogP contribution in [0, 0.1) is 0 Å². The number of aromatic nitrogens is 3. The molecule has 3 nitrogen and oxygen atoms in total. The summed E-state index contributed by atoms with van der Waals surface area (Å²) >= 11 is 0. The second-order valence-electron chi connectivity index (χ2n) is 4.44. The van der Waals surface area contributed by atoms with Crippen molar-refractivity contribution in [3.8, 4) is 0 Å². The molecule has 1 unspecified atom stereocenters. The number of rotatable bonds is 1. The molecule has 1 heterocycles. The van der Waals surface area contributed by atoms with Crippen molar-refractivity contribution >= 4 is 0 Å². The fourth-order valence-corrected chi connectivity index (χ4v) is 2.63. The van der Waals surface area contributed by atoms with Gasteiger partial charge >= 0.3 is 0 Å². The van der Waals surface area contributed by atoms with E-state index in [9.17, 15) is 0 Å². The summed E-state index contributed by atoms with van der Waals surface area (Å²) in [4.78, 5) is 0. The summed E-state index contributed by atoms with van der Waals surface area (Å²) in [6, 6.07) is 8.71. The Morgan fingerprint density at radius 1 is 1.31 bits per heavy atom. The number of fused-ring (bicyclic) bond motifs is 1. The van der Waals surface area contributed by atoms with Gasteiger partial charge in [-0.2, -0.15) is 0 Å². The highest BCUT2D eigenvalue weighted by Gasteiger charge is 2.24. The lowest BCUT2D eigenvalue weighted by molar-refractivity contribution is 0.572. The smallest absolute Gasteiger partial charge is 0.140 e. The molecule has 1 aliphatic carbocycles. The first-order chi connectivity index (χ1) is 7.86. The van der Waals surface area contributed by atoms with Gasteiger partial charge in [0.15, 0.2) is 0 Å². The van der Waals surface area contributed by atoms with E-state index in [4.69, 9.17) is 0 Å². The highest BCUT2D eigenvalue weighted by atomic mass is 15.2. The van der Waals surface area contributed by atoms with Crippen molar-refractivity contribution in [2.75, 3.05) is 0 Å². The minimum atomic E-state index is 0.428. The first-order valence-corrected chi connectivity index (χ1v) is 5.78. The molecule has 16 heavy (non-hydrogen) atoms. The molecule has 1 atom stereocenters. The van der Waals surface area contributed by atoms with Gasteiger partial charge in [-0.3, -0.25) is 0 Å². The molecule has 0 fully saturated rings. The van der Waals surface area contributed by atoms with E-state index in [-0.39, 0.29) is 0 Å². The zero-order chi connectivity index (χ0) is 11.0. The number of hydrogen-bond acceptors (Lipinski definition) is 2. The Labute approximate surface area is 95.1 Å². The molecule has 1 aromatic carbocycles. The van der Waals surface area contributed by atoms with Crippen molar-refractivity contribution in [1.29, 1.82) is 0 Å². The van der Waals surface area contributed by atoms with Gasteiger partial charge in [-0.25, -0.2) is 0 Å². The van der Waals surface area contributed by atoms with Gasteiger partial charge in [0.1, 0.15) is 12.2 Å². The summed E-state index contributed by atoms with van der Waals surface area (Å²) in [5.41, 5.74) is 2.91. The van der Waals surface area contributed by atoms with Crippen molar-refractivity contribution in [2.24, 2.45) is 7.05 Å². The molecule has 2 aromatic rings. The van der Waals surface area contributed by atoms with Crippen LogP contribution in [0.25, 0.3) is 0 Å². The molecule has 1 aliphatic rings. The summed E-state index contributed by atoms with van der Waals surface area (Å²) in [5.74, 6) is 1.52. The van der Waals surface area contributed by atoms with E-state index in [1.165, 1.54) is 30.4 Å². The quantitative estimate of drug-likeness (QED) is 0.727. The predicted octanol–water partition coefficient (Wildman–Crippen LogP) is 2.28. The van der Waals surface area contributed by atoms with Gasteiger partial charge in [0.05, 0.1) is 0 Å². The number of aryl methyl sites for hydroxylation is 2. The molecular formula is C13H15N3. The molecule has 0 bridgehead atoms. The first kappa shape index (κ1) is 9.58. The second kappa shape index (κ2) is 3.74. The summed E-state index contributed by atoms with van der Waals surface area (Å²) in [6.07, 6.45) is 5.41. The highest BCUT2D eigenvalue weighted by Crippen LogP contribution is 2.35. The summed E-state index contributed by atoms with van der Waals surface area (Å²) in [6.45, 7) is 0. The minimum Gasteiger partial charge on any atom is -0.320 e. The van der Waals surface area contributed by atoms with Gasteiger partial charge < -0.3 is 4.57 Å². The second-order valence-corrected chi connectivity index (χ2v) is 4.44. The largest absolute Gasteiger partial charge is 0.320 e. The number of hydrogen-bond donors (Lipinski definition) is 0. The van der Waals surface area contributed by atoms with Crippen molar-refractivity contribution in [2.45, 2.75) is 25.2 Å². The summed E-state index contributed by atoms with van der Waals surface area (Å²) in [5, 5.41) is 8.23. The van der Waals surface area contributed by atoms with Crippen molar-refractivity contribution in [3.63, 3.8) is 0 Å². The van der Waals surface area contributed by atoms with Crippen LogP contribution in [0.4, 0.5) is 0 Å². The van der Waals surface area contributed by atoms with Crippen LogP contribution in [0.2, 0.25) is 0 Å². The van der Waals surface area contributed by atoms with Crippen LogP contribution in [-0.2, 0) is 13.5 Å². The summed E-state index contributed by atoms with van der Waals surface area (Å²) in [7, 11) is 2.02. The Morgan fingerprint density at radius 2 is 2.19 bits per heavy atom.